The lowest BCUT2D eigenvalue weighted by Gasteiger charge is -2.34. The molecule has 1 heterocycles. The molecule has 24 heavy (non-hydrogen) atoms. The minimum Gasteiger partial charge on any atom is -0.354 e. The zero-order valence-electron chi connectivity index (χ0n) is 14.4. The molecule has 2 fully saturated rings. The summed E-state index contributed by atoms with van der Waals surface area (Å²) in [5, 5.41) is 2.82. The number of carbonyl (C=O) groups excluding carboxylic acids is 1. The van der Waals surface area contributed by atoms with Crippen molar-refractivity contribution in [2.24, 2.45) is 11.8 Å². The molecule has 1 saturated heterocycles. The number of nitrogens with zero attached hydrogens (tertiary/aromatic N) is 1. The van der Waals surface area contributed by atoms with Crippen LogP contribution in [0.15, 0.2) is 0 Å². The molecule has 1 amide bonds. The van der Waals surface area contributed by atoms with Gasteiger partial charge >= 0.3 is 0 Å². The number of rotatable bonds is 5. The molecule has 5 nitrogen and oxygen atoms in total. The largest absolute Gasteiger partial charge is 0.354 e. The molecule has 8 heteroatoms. The zero-order valence-corrected chi connectivity index (χ0v) is 15.2. The van der Waals surface area contributed by atoms with E-state index in [0.29, 0.717) is 32.2 Å². The first-order chi connectivity index (χ1) is 11.1. The third-order valence-corrected chi connectivity index (χ3v) is 6.78. The minimum atomic E-state index is -3.61. The molecule has 2 rings (SSSR count). The van der Waals surface area contributed by atoms with Gasteiger partial charge in [0.25, 0.3) is 0 Å². The Labute approximate surface area is 143 Å². The lowest BCUT2D eigenvalue weighted by molar-refractivity contribution is -0.126. The number of hydrogen-bond donors (Lipinski definition) is 1. The SMILES string of the molecule is CC(C)NC(=O)[C@@H]1CCCN(S(=O)(=O)CC2CCCC(F)(F)C2)C1. The molecule has 0 aromatic rings. The first kappa shape index (κ1) is 19.6. The van der Waals surface area contributed by atoms with E-state index in [0.717, 1.165) is 0 Å². The fourth-order valence-electron chi connectivity index (χ4n) is 3.63. The highest BCUT2D eigenvalue weighted by Gasteiger charge is 2.40. The van der Waals surface area contributed by atoms with Crippen molar-refractivity contribution in [3.63, 3.8) is 0 Å². The van der Waals surface area contributed by atoms with Crippen molar-refractivity contribution in [2.75, 3.05) is 18.8 Å². The number of sulfonamides is 1. The highest BCUT2D eigenvalue weighted by Crippen LogP contribution is 2.37. The fourth-order valence-corrected chi connectivity index (χ4v) is 5.54. The summed E-state index contributed by atoms with van der Waals surface area (Å²) in [6.45, 7) is 4.25. The van der Waals surface area contributed by atoms with Gasteiger partial charge in [-0.25, -0.2) is 21.5 Å². The molecule has 140 valence electrons. The molecule has 1 saturated carbocycles. The van der Waals surface area contributed by atoms with Gasteiger partial charge in [0.05, 0.1) is 11.7 Å². The zero-order chi connectivity index (χ0) is 18.0. The smallest absolute Gasteiger partial charge is 0.248 e. The summed E-state index contributed by atoms with van der Waals surface area (Å²) in [7, 11) is -3.61. The van der Waals surface area contributed by atoms with Gasteiger partial charge in [-0.3, -0.25) is 4.79 Å². The van der Waals surface area contributed by atoms with Crippen LogP contribution in [-0.2, 0) is 14.8 Å². The first-order valence-corrected chi connectivity index (χ1v) is 10.4. The summed E-state index contributed by atoms with van der Waals surface area (Å²) >= 11 is 0. The van der Waals surface area contributed by atoms with Crippen molar-refractivity contribution in [2.45, 2.75) is 64.3 Å². The van der Waals surface area contributed by atoms with Gasteiger partial charge in [0.2, 0.25) is 21.9 Å². The fraction of sp³-hybridized carbons (Fsp3) is 0.938. The Morgan fingerprint density at radius 3 is 2.62 bits per heavy atom. The van der Waals surface area contributed by atoms with Crippen molar-refractivity contribution in [3.8, 4) is 0 Å². The summed E-state index contributed by atoms with van der Waals surface area (Å²) in [6, 6.07) is 0.00829. The Hall–Kier alpha value is -0.760. The molecule has 1 aliphatic heterocycles. The van der Waals surface area contributed by atoms with E-state index in [1.165, 1.54) is 4.31 Å². The number of carbonyl (C=O) groups is 1. The Morgan fingerprint density at radius 1 is 1.29 bits per heavy atom. The standard InChI is InChI=1S/C16H28F2N2O3S/c1-12(2)19-15(21)14-6-4-8-20(10-14)24(22,23)11-13-5-3-7-16(17,18)9-13/h12-14H,3-11H2,1-2H3,(H,19,21)/t13?,14-/m1/s1. The number of amides is 1. The highest BCUT2D eigenvalue weighted by molar-refractivity contribution is 7.89. The topological polar surface area (TPSA) is 66.5 Å². The molecule has 0 spiro atoms. The van der Waals surface area contributed by atoms with Gasteiger partial charge in [-0.1, -0.05) is 0 Å². The molecule has 0 bridgehead atoms. The molecule has 0 aromatic heterocycles. The second-order valence-electron chi connectivity index (χ2n) is 7.46. The van der Waals surface area contributed by atoms with E-state index < -0.39 is 21.9 Å². The molecular formula is C16H28F2N2O3S. The number of halogens is 2. The molecule has 2 atom stereocenters. The van der Waals surface area contributed by atoms with Gasteiger partial charge in [0, 0.05) is 32.0 Å². The number of hydrogen-bond acceptors (Lipinski definition) is 3. The van der Waals surface area contributed by atoms with Crippen LogP contribution in [-0.4, -0.2) is 49.4 Å². The van der Waals surface area contributed by atoms with Crippen LogP contribution >= 0.6 is 0 Å². The minimum absolute atomic E-state index is 0.00829. The van der Waals surface area contributed by atoms with Crippen LogP contribution in [0.4, 0.5) is 8.78 Å². The molecular weight excluding hydrogens is 338 g/mol. The van der Waals surface area contributed by atoms with E-state index in [1.54, 1.807) is 0 Å². The maximum absolute atomic E-state index is 13.5. The molecule has 2 aliphatic rings. The van der Waals surface area contributed by atoms with Crippen molar-refractivity contribution in [1.29, 1.82) is 0 Å². The van der Waals surface area contributed by atoms with Crippen LogP contribution in [0.5, 0.6) is 0 Å². The van der Waals surface area contributed by atoms with E-state index in [9.17, 15) is 22.0 Å². The van der Waals surface area contributed by atoms with Gasteiger partial charge in [-0.2, -0.15) is 0 Å². The molecule has 1 aliphatic carbocycles. The predicted octanol–water partition coefficient (Wildman–Crippen LogP) is 2.38. The Bertz CT molecular complexity index is 552. The summed E-state index contributed by atoms with van der Waals surface area (Å²) in [4.78, 5) is 12.1. The van der Waals surface area contributed by atoms with Gasteiger partial charge in [-0.15, -0.1) is 0 Å². The summed E-state index contributed by atoms with van der Waals surface area (Å²) in [6.07, 6.45) is 1.68. The van der Waals surface area contributed by atoms with E-state index in [1.807, 2.05) is 13.8 Å². The molecule has 0 radical (unpaired) electrons. The summed E-state index contributed by atoms with van der Waals surface area (Å²) < 4.78 is 53.5. The second-order valence-corrected chi connectivity index (χ2v) is 9.47. The van der Waals surface area contributed by atoms with E-state index in [4.69, 9.17) is 0 Å². The Balaban J connectivity index is 1.97. The molecule has 0 aromatic carbocycles. The van der Waals surface area contributed by atoms with Gasteiger partial charge in [0.15, 0.2) is 0 Å². The van der Waals surface area contributed by atoms with Crippen LogP contribution < -0.4 is 5.32 Å². The van der Waals surface area contributed by atoms with Crippen molar-refractivity contribution < 1.29 is 22.0 Å². The van der Waals surface area contributed by atoms with Crippen molar-refractivity contribution in [3.05, 3.63) is 0 Å². The summed E-state index contributed by atoms with van der Waals surface area (Å²) in [5.74, 6) is -3.97. The molecule has 1 unspecified atom stereocenters. The van der Waals surface area contributed by atoms with E-state index in [-0.39, 0.29) is 43.0 Å². The third-order valence-electron chi connectivity index (χ3n) is 4.77. The summed E-state index contributed by atoms with van der Waals surface area (Å²) in [5.41, 5.74) is 0. The maximum atomic E-state index is 13.5. The second kappa shape index (κ2) is 7.64. The molecule has 1 N–H and O–H groups in total. The van der Waals surface area contributed by atoms with Crippen LogP contribution in [0.1, 0.15) is 52.4 Å². The average molecular weight is 366 g/mol. The van der Waals surface area contributed by atoms with Gasteiger partial charge in [-0.05, 0) is 45.4 Å². The third kappa shape index (κ3) is 5.37. The normalized spacial score (nSPS) is 28.7. The van der Waals surface area contributed by atoms with Crippen LogP contribution in [0.3, 0.4) is 0 Å². The van der Waals surface area contributed by atoms with E-state index in [2.05, 4.69) is 5.32 Å². The van der Waals surface area contributed by atoms with Gasteiger partial charge < -0.3 is 5.32 Å². The monoisotopic (exact) mass is 366 g/mol. The van der Waals surface area contributed by atoms with Crippen LogP contribution in [0.25, 0.3) is 0 Å². The predicted molar refractivity (Wildman–Crippen MR) is 88.3 cm³/mol. The van der Waals surface area contributed by atoms with Crippen LogP contribution in [0, 0.1) is 11.8 Å². The number of nitrogens with one attached hydrogen (secondary N) is 1. The average Bonchev–Trinajstić information content (AvgIpc) is 2.45. The lowest BCUT2D eigenvalue weighted by atomic mass is 9.88. The number of alkyl halides is 2. The van der Waals surface area contributed by atoms with Crippen molar-refractivity contribution >= 4 is 15.9 Å². The number of piperidine rings is 1. The van der Waals surface area contributed by atoms with Crippen molar-refractivity contribution in [1.82, 2.24) is 9.62 Å². The lowest BCUT2D eigenvalue weighted by Crippen LogP contribution is -2.48. The van der Waals surface area contributed by atoms with E-state index >= 15 is 0 Å². The Morgan fingerprint density at radius 2 is 2.00 bits per heavy atom. The highest BCUT2D eigenvalue weighted by atomic mass is 32.2. The first-order valence-electron chi connectivity index (χ1n) is 8.75. The quantitative estimate of drug-likeness (QED) is 0.812. The Kier molecular flexibility index (Phi) is 6.23. The maximum Gasteiger partial charge on any atom is 0.248 e. The van der Waals surface area contributed by atoms with Crippen LogP contribution in [0.2, 0.25) is 0 Å². The van der Waals surface area contributed by atoms with Gasteiger partial charge in [0.1, 0.15) is 0 Å².